The smallest absolute Gasteiger partial charge is 0.399 e. The molecule has 128 valence electrons. The van der Waals surface area contributed by atoms with Crippen LogP contribution >= 0.6 is 0 Å². The SMILES string of the molecule is Cc1nn(CCN2CCOCC2)cc1B1OC(C)(C)C(C)(C)O1. The molecule has 3 rings (SSSR count). The van der Waals surface area contributed by atoms with E-state index in [2.05, 4.69) is 43.9 Å². The third-order valence-electron chi connectivity index (χ3n) is 5.24. The van der Waals surface area contributed by atoms with Gasteiger partial charge in [0, 0.05) is 31.3 Å². The minimum absolute atomic E-state index is 0.319. The number of morpholine rings is 1. The standard InChI is InChI=1S/C16H28BN3O3/c1-13-14(17-22-15(2,3)16(4,5)23-17)12-20(18-13)7-6-19-8-10-21-11-9-19/h12H,6-11H2,1-5H3. The lowest BCUT2D eigenvalue weighted by Crippen LogP contribution is -2.41. The van der Waals surface area contributed by atoms with Crippen LogP contribution in [-0.2, 0) is 20.6 Å². The summed E-state index contributed by atoms with van der Waals surface area (Å²) in [6.07, 6.45) is 2.07. The molecule has 23 heavy (non-hydrogen) atoms. The minimum atomic E-state index is -0.336. The molecule has 1 aromatic rings. The highest BCUT2D eigenvalue weighted by atomic mass is 16.7. The van der Waals surface area contributed by atoms with Gasteiger partial charge in [-0.05, 0) is 34.6 Å². The summed E-state index contributed by atoms with van der Waals surface area (Å²) in [5, 5.41) is 4.63. The van der Waals surface area contributed by atoms with Gasteiger partial charge in [0.25, 0.3) is 0 Å². The number of ether oxygens (including phenoxy) is 1. The summed E-state index contributed by atoms with van der Waals surface area (Å²) in [6.45, 7) is 15.9. The molecule has 0 aliphatic carbocycles. The Balaban J connectivity index is 1.64. The first-order valence-corrected chi connectivity index (χ1v) is 8.48. The number of aromatic nitrogens is 2. The number of aryl methyl sites for hydroxylation is 1. The Morgan fingerprint density at radius 1 is 1.09 bits per heavy atom. The van der Waals surface area contributed by atoms with Crippen molar-refractivity contribution in [1.29, 1.82) is 0 Å². The molecule has 0 aromatic carbocycles. The number of hydrogen-bond acceptors (Lipinski definition) is 5. The highest BCUT2D eigenvalue weighted by Gasteiger charge is 2.52. The van der Waals surface area contributed by atoms with Crippen LogP contribution in [-0.4, -0.2) is 65.8 Å². The molecule has 3 heterocycles. The lowest BCUT2D eigenvalue weighted by atomic mass is 9.79. The van der Waals surface area contributed by atoms with Crippen LogP contribution in [0, 0.1) is 6.92 Å². The fourth-order valence-electron chi connectivity index (χ4n) is 2.92. The molecule has 2 saturated heterocycles. The first-order valence-electron chi connectivity index (χ1n) is 8.48. The van der Waals surface area contributed by atoms with E-state index in [1.54, 1.807) is 0 Å². The van der Waals surface area contributed by atoms with Crippen LogP contribution in [0.3, 0.4) is 0 Å². The normalized spacial score (nSPS) is 24.3. The molecule has 0 unspecified atom stereocenters. The molecule has 2 fully saturated rings. The van der Waals surface area contributed by atoms with Gasteiger partial charge in [-0.3, -0.25) is 9.58 Å². The van der Waals surface area contributed by atoms with Gasteiger partial charge in [0.05, 0.1) is 36.7 Å². The average Bonchev–Trinajstić information content (AvgIpc) is 2.95. The molecular weight excluding hydrogens is 293 g/mol. The summed E-state index contributed by atoms with van der Waals surface area (Å²) < 4.78 is 19.7. The lowest BCUT2D eigenvalue weighted by molar-refractivity contribution is 0.00578. The Kier molecular flexibility index (Phi) is 4.57. The van der Waals surface area contributed by atoms with Crippen molar-refractivity contribution < 1.29 is 14.0 Å². The van der Waals surface area contributed by atoms with Crippen LogP contribution in [0.4, 0.5) is 0 Å². The van der Waals surface area contributed by atoms with Crippen molar-refractivity contribution in [1.82, 2.24) is 14.7 Å². The average molecular weight is 321 g/mol. The summed E-state index contributed by atoms with van der Waals surface area (Å²) in [6, 6.07) is 0. The van der Waals surface area contributed by atoms with Crippen molar-refractivity contribution in [2.75, 3.05) is 32.8 Å². The Morgan fingerprint density at radius 3 is 2.30 bits per heavy atom. The summed E-state index contributed by atoms with van der Waals surface area (Å²) in [4.78, 5) is 2.41. The third kappa shape index (κ3) is 3.48. The number of nitrogens with zero attached hydrogens (tertiary/aromatic N) is 3. The fraction of sp³-hybridized carbons (Fsp3) is 0.812. The second-order valence-corrected chi connectivity index (χ2v) is 7.48. The van der Waals surface area contributed by atoms with Gasteiger partial charge in [-0.25, -0.2) is 0 Å². The van der Waals surface area contributed by atoms with Crippen molar-refractivity contribution in [3.63, 3.8) is 0 Å². The second kappa shape index (κ2) is 6.20. The molecule has 0 amide bonds. The maximum Gasteiger partial charge on any atom is 0.498 e. The Labute approximate surface area is 139 Å². The topological polar surface area (TPSA) is 48.8 Å². The Bertz CT molecular complexity index is 537. The van der Waals surface area contributed by atoms with Gasteiger partial charge in [0.1, 0.15) is 0 Å². The van der Waals surface area contributed by atoms with Crippen molar-refractivity contribution in [2.45, 2.75) is 52.4 Å². The van der Waals surface area contributed by atoms with Gasteiger partial charge in [-0.1, -0.05) is 0 Å². The molecule has 0 spiro atoms. The molecule has 6 nitrogen and oxygen atoms in total. The number of rotatable bonds is 4. The molecule has 0 bridgehead atoms. The van der Waals surface area contributed by atoms with Gasteiger partial charge >= 0.3 is 7.12 Å². The zero-order valence-electron chi connectivity index (χ0n) is 15.0. The van der Waals surface area contributed by atoms with Crippen LogP contribution in [0.25, 0.3) is 0 Å². The largest absolute Gasteiger partial charge is 0.498 e. The molecule has 0 radical (unpaired) electrons. The summed E-state index contributed by atoms with van der Waals surface area (Å²) in [7, 11) is -0.336. The van der Waals surface area contributed by atoms with Gasteiger partial charge in [0.2, 0.25) is 0 Å². The molecular formula is C16H28BN3O3. The van der Waals surface area contributed by atoms with Crippen LogP contribution < -0.4 is 5.46 Å². The zero-order valence-corrected chi connectivity index (χ0v) is 15.0. The summed E-state index contributed by atoms with van der Waals surface area (Å²) in [5.74, 6) is 0. The first-order chi connectivity index (χ1) is 10.8. The Morgan fingerprint density at radius 2 is 1.70 bits per heavy atom. The third-order valence-corrected chi connectivity index (χ3v) is 5.24. The van der Waals surface area contributed by atoms with Crippen molar-refractivity contribution in [2.24, 2.45) is 0 Å². The van der Waals surface area contributed by atoms with Gasteiger partial charge in [0.15, 0.2) is 0 Å². The van der Waals surface area contributed by atoms with Crippen LogP contribution in [0.15, 0.2) is 6.20 Å². The maximum absolute atomic E-state index is 6.14. The predicted octanol–water partition coefficient (Wildman–Crippen LogP) is 0.823. The van der Waals surface area contributed by atoms with Gasteiger partial charge in [-0.15, -0.1) is 0 Å². The quantitative estimate of drug-likeness (QED) is 0.769. The van der Waals surface area contributed by atoms with Crippen molar-refractivity contribution >= 4 is 12.6 Å². The lowest BCUT2D eigenvalue weighted by Gasteiger charge is -2.32. The molecule has 0 atom stereocenters. The molecule has 0 saturated carbocycles. The monoisotopic (exact) mass is 321 g/mol. The molecule has 2 aliphatic rings. The molecule has 1 aromatic heterocycles. The first kappa shape index (κ1) is 17.0. The van der Waals surface area contributed by atoms with Crippen molar-refractivity contribution in [3.8, 4) is 0 Å². The zero-order chi connectivity index (χ0) is 16.7. The van der Waals surface area contributed by atoms with E-state index in [1.807, 2.05) is 11.6 Å². The highest BCUT2D eigenvalue weighted by molar-refractivity contribution is 6.62. The van der Waals surface area contributed by atoms with E-state index in [0.29, 0.717) is 0 Å². The van der Waals surface area contributed by atoms with E-state index in [4.69, 9.17) is 14.0 Å². The van der Waals surface area contributed by atoms with E-state index in [1.165, 1.54) is 0 Å². The van der Waals surface area contributed by atoms with Gasteiger partial charge in [-0.2, -0.15) is 5.10 Å². The maximum atomic E-state index is 6.14. The summed E-state index contributed by atoms with van der Waals surface area (Å²) >= 11 is 0. The second-order valence-electron chi connectivity index (χ2n) is 7.48. The van der Waals surface area contributed by atoms with Gasteiger partial charge < -0.3 is 14.0 Å². The molecule has 0 N–H and O–H groups in total. The Hall–Kier alpha value is -0.885. The summed E-state index contributed by atoms with van der Waals surface area (Å²) in [5.41, 5.74) is 1.37. The van der Waals surface area contributed by atoms with E-state index in [-0.39, 0.29) is 18.3 Å². The molecule has 7 heteroatoms. The van der Waals surface area contributed by atoms with E-state index >= 15 is 0 Å². The van der Waals surface area contributed by atoms with Crippen LogP contribution in [0.2, 0.25) is 0 Å². The minimum Gasteiger partial charge on any atom is -0.399 e. The number of hydrogen-bond donors (Lipinski definition) is 0. The van der Waals surface area contributed by atoms with Crippen LogP contribution in [0.5, 0.6) is 0 Å². The van der Waals surface area contributed by atoms with E-state index < -0.39 is 0 Å². The van der Waals surface area contributed by atoms with Crippen molar-refractivity contribution in [3.05, 3.63) is 11.9 Å². The molecule has 2 aliphatic heterocycles. The van der Waals surface area contributed by atoms with Crippen LogP contribution in [0.1, 0.15) is 33.4 Å². The fourth-order valence-corrected chi connectivity index (χ4v) is 2.92. The predicted molar refractivity (Wildman–Crippen MR) is 89.9 cm³/mol. The highest BCUT2D eigenvalue weighted by Crippen LogP contribution is 2.36. The van der Waals surface area contributed by atoms with E-state index in [9.17, 15) is 0 Å². The van der Waals surface area contributed by atoms with E-state index in [0.717, 1.165) is 50.5 Å².